The van der Waals surface area contributed by atoms with Crippen LogP contribution in [0.2, 0.25) is 0 Å². The Kier molecular flexibility index (Phi) is 8.61. The van der Waals surface area contributed by atoms with Gasteiger partial charge in [-0.3, -0.25) is 0 Å². The van der Waals surface area contributed by atoms with E-state index in [4.69, 9.17) is 9.84 Å². The van der Waals surface area contributed by atoms with E-state index in [2.05, 4.69) is 12.7 Å². The first kappa shape index (κ1) is 16.4. The van der Waals surface area contributed by atoms with Crippen LogP contribution < -0.4 is 10.8 Å². The molecule has 0 aromatic heterocycles. The van der Waals surface area contributed by atoms with Crippen LogP contribution in [-0.2, 0) is 16.0 Å². The van der Waals surface area contributed by atoms with E-state index in [9.17, 15) is 9.90 Å². The third-order valence-electron chi connectivity index (χ3n) is 2.26. The third-order valence-corrected chi connectivity index (χ3v) is 2.26. The van der Waals surface area contributed by atoms with E-state index < -0.39 is 12.1 Å². The zero-order valence-electron chi connectivity index (χ0n) is 10.9. The van der Waals surface area contributed by atoms with E-state index in [1.165, 1.54) is 25.7 Å². The second-order valence-corrected chi connectivity index (χ2v) is 3.77. The lowest BCUT2D eigenvalue weighted by atomic mass is 10.1. The molecule has 0 aliphatic carbocycles. The summed E-state index contributed by atoms with van der Waals surface area (Å²) in [4.78, 5) is 10.5. The lowest BCUT2D eigenvalue weighted by Gasteiger charge is -2.15. The number of hydrogen-bond acceptors (Lipinski definition) is 4. The summed E-state index contributed by atoms with van der Waals surface area (Å²) < 4.78 is 4.72. The molecule has 1 rings (SSSR count). The van der Waals surface area contributed by atoms with Gasteiger partial charge < -0.3 is 25.5 Å². The summed E-state index contributed by atoms with van der Waals surface area (Å²) >= 11 is 0. The summed E-state index contributed by atoms with van der Waals surface area (Å²) in [6.07, 6.45) is 0.499. The molecule has 0 saturated carbocycles. The van der Waals surface area contributed by atoms with E-state index in [-0.39, 0.29) is 12.2 Å². The third kappa shape index (κ3) is 6.88. The first-order valence-electron chi connectivity index (χ1n) is 5.85. The number of hydrogen-bond donors (Lipinski definition) is 2. The quantitative estimate of drug-likeness (QED) is 0.729. The van der Waals surface area contributed by atoms with Crippen LogP contribution >= 0.6 is 0 Å². The van der Waals surface area contributed by atoms with E-state index in [1.54, 1.807) is 12.1 Å². The van der Waals surface area contributed by atoms with Crippen LogP contribution in [0.25, 0.3) is 0 Å². The summed E-state index contributed by atoms with van der Waals surface area (Å²) in [6, 6.07) is 6.28. The number of carbonyl (C=O) groups excluding carboxylic acids is 1. The number of rotatable bonds is 5. The first-order valence-corrected chi connectivity index (χ1v) is 5.85. The highest BCUT2D eigenvalue weighted by Crippen LogP contribution is 2.11. The standard InChI is InChI=1S/C10H12O4.C3H9N/c1-14-9(10(12)13)6-7-2-4-8(11)5-3-7;1-2-3-4/h2-5,9,11H,6H2,1H3,(H,12,13);2-4H2,1H3. The van der Waals surface area contributed by atoms with E-state index >= 15 is 0 Å². The first-order chi connectivity index (χ1) is 8.54. The fourth-order valence-corrected chi connectivity index (χ4v) is 1.11. The monoisotopic (exact) mass is 255 g/mol. The fourth-order valence-electron chi connectivity index (χ4n) is 1.11. The van der Waals surface area contributed by atoms with Crippen molar-refractivity contribution in [1.29, 1.82) is 0 Å². The molecule has 5 nitrogen and oxygen atoms in total. The van der Waals surface area contributed by atoms with Gasteiger partial charge in [-0.2, -0.15) is 0 Å². The van der Waals surface area contributed by atoms with Gasteiger partial charge in [0.25, 0.3) is 0 Å². The molecule has 0 bridgehead atoms. The SMILES string of the molecule is CCC[NH3+].COC(Cc1ccc(O)cc1)C(=O)[O-]. The average Bonchev–Trinajstić information content (AvgIpc) is 2.38. The van der Waals surface area contributed by atoms with E-state index in [0.29, 0.717) is 0 Å². The second kappa shape index (κ2) is 9.44. The molecular weight excluding hydrogens is 234 g/mol. The van der Waals surface area contributed by atoms with Crippen molar-refractivity contribution in [3.05, 3.63) is 29.8 Å². The minimum Gasteiger partial charge on any atom is -0.547 e. The number of carboxylic acids is 1. The van der Waals surface area contributed by atoms with Crippen molar-refractivity contribution in [2.45, 2.75) is 25.9 Å². The Labute approximate surface area is 107 Å². The summed E-state index contributed by atoms with van der Waals surface area (Å²) in [5.41, 5.74) is 4.38. The molecule has 1 aromatic carbocycles. The van der Waals surface area contributed by atoms with Crippen LogP contribution in [0.5, 0.6) is 5.75 Å². The van der Waals surface area contributed by atoms with Crippen LogP contribution in [0.3, 0.4) is 0 Å². The van der Waals surface area contributed by atoms with E-state index in [1.807, 2.05) is 0 Å². The summed E-state index contributed by atoms with van der Waals surface area (Å²) in [6.45, 7) is 3.19. The number of aliphatic carboxylic acids is 1. The van der Waals surface area contributed by atoms with Crippen LogP contribution in [-0.4, -0.2) is 30.8 Å². The molecule has 0 amide bonds. The molecule has 4 N–H and O–H groups in total. The van der Waals surface area contributed by atoms with Crippen LogP contribution in [0.15, 0.2) is 24.3 Å². The molecule has 102 valence electrons. The number of ether oxygens (including phenoxy) is 1. The Bertz CT molecular complexity index is 335. The molecule has 0 heterocycles. The van der Waals surface area contributed by atoms with Gasteiger partial charge in [0.15, 0.2) is 0 Å². The smallest absolute Gasteiger partial charge is 0.115 e. The molecule has 0 aliphatic heterocycles. The Hall–Kier alpha value is -1.59. The van der Waals surface area contributed by atoms with Gasteiger partial charge in [0.1, 0.15) is 11.9 Å². The number of methoxy groups -OCH3 is 1. The Morgan fingerprint density at radius 1 is 1.44 bits per heavy atom. The van der Waals surface area contributed by atoms with Gasteiger partial charge in [-0.05, 0) is 24.1 Å². The maximum absolute atomic E-state index is 10.5. The molecule has 0 radical (unpaired) electrons. The zero-order valence-corrected chi connectivity index (χ0v) is 10.9. The van der Waals surface area contributed by atoms with Gasteiger partial charge in [0.2, 0.25) is 0 Å². The predicted molar refractivity (Wildman–Crippen MR) is 65.7 cm³/mol. The minimum absolute atomic E-state index is 0.149. The molecule has 1 unspecified atom stereocenters. The van der Waals surface area contributed by atoms with Crippen molar-refractivity contribution < 1.29 is 25.5 Å². The number of phenols is 1. The van der Waals surface area contributed by atoms with Crippen molar-refractivity contribution in [2.75, 3.05) is 13.7 Å². The van der Waals surface area contributed by atoms with Crippen LogP contribution in [0, 0.1) is 0 Å². The Morgan fingerprint density at radius 3 is 2.28 bits per heavy atom. The molecule has 0 fully saturated rings. The topological polar surface area (TPSA) is 97.2 Å². The maximum Gasteiger partial charge on any atom is 0.115 e. The molecule has 18 heavy (non-hydrogen) atoms. The van der Waals surface area contributed by atoms with Crippen molar-refractivity contribution >= 4 is 5.97 Å². The number of quaternary nitrogens is 1. The van der Waals surface area contributed by atoms with Crippen molar-refractivity contribution in [2.24, 2.45) is 0 Å². The zero-order chi connectivity index (χ0) is 14.0. The molecule has 0 saturated heterocycles. The lowest BCUT2D eigenvalue weighted by molar-refractivity contribution is -0.367. The van der Waals surface area contributed by atoms with Crippen LogP contribution in [0.4, 0.5) is 0 Å². The van der Waals surface area contributed by atoms with Gasteiger partial charge in [-0.15, -0.1) is 0 Å². The summed E-state index contributed by atoms with van der Waals surface area (Å²) in [5, 5.41) is 19.5. The van der Waals surface area contributed by atoms with Crippen LogP contribution in [0.1, 0.15) is 18.9 Å². The number of aromatic hydroxyl groups is 1. The van der Waals surface area contributed by atoms with Crippen molar-refractivity contribution in [1.82, 2.24) is 0 Å². The molecule has 1 aromatic rings. The number of phenolic OH excluding ortho intramolecular Hbond substituents is 1. The van der Waals surface area contributed by atoms with E-state index in [0.717, 1.165) is 12.1 Å². The maximum atomic E-state index is 10.5. The molecule has 0 spiro atoms. The number of benzene rings is 1. The largest absolute Gasteiger partial charge is 0.547 e. The van der Waals surface area contributed by atoms with Gasteiger partial charge in [-0.1, -0.05) is 19.1 Å². The van der Waals surface area contributed by atoms with Crippen molar-refractivity contribution in [3.63, 3.8) is 0 Å². The van der Waals surface area contributed by atoms with Gasteiger partial charge in [0.05, 0.1) is 12.5 Å². The summed E-state index contributed by atoms with van der Waals surface area (Å²) in [5.74, 6) is -1.09. The summed E-state index contributed by atoms with van der Waals surface area (Å²) in [7, 11) is 1.32. The molecular formula is C13H21NO4. The lowest BCUT2D eigenvalue weighted by Crippen LogP contribution is -2.49. The van der Waals surface area contributed by atoms with Gasteiger partial charge >= 0.3 is 0 Å². The highest BCUT2D eigenvalue weighted by molar-refractivity contribution is 5.70. The molecule has 5 heteroatoms. The fraction of sp³-hybridized carbons (Fsp3) is 0.462. The molecule has 0 aliphatic rings. The predicted octanol–water partition coefficient (Wildman–Crippen LogP) is -0.662. The van der Waals surface area contributed by atoms with Gasteiger partial charge in [-0.25, -0.2) is 0 Å². The number of carboxylic acid groups (broad SMARTS) is 1. The highest BCUT2D eigenvalue weighted by Gasteiger charge is 2.08. The second-order valence-electron chi connectivity index (χ2n) is 3.77. The number of carbonyl (C=O) groups is 1. The Balaban J connectivity index is 0.000000631. The highest BCUT2D eigenvalue weighted by atomic mass is 16.5. The van der Waals surface area contributed by atoms with Crippen molar-refractivity contribution in [3.8, 4) is 5.75 Å². The van der Waals surface area contributed by atoms with Gasteiger partial charge in [0, 0.05) is 13.5 Å². The normalized spacial score (nSPS) is 11.3. The Morgan fingerprint density at radius 2 is 1.94 bits per heavy atom. The minimum atomic E-state index is -1.24. The molecule has 1 atom stereocenters. The average molecular weight is 255 g/mol.